The van der Waals surface area contributed by atoms with Crippen LogP contribution in [0.25, 0.3) is 6.08 Å². The van der Waals surface area contributed by atoms with Crippen LogP contribution in [-0.2, 0) is 0 Å². The van der Waals surface area contributed by atoms with Crippen molar-refractivity contribution >= 4 is 11.9 Å². The summed E-state index contributed by atoms with van der Waals surface area (Å²) in [5, 5.41) is 0. The summed E-state index contributed by atoms with van der Waals surface area (Å²) in [6.07, 6.45) is 4.42. The number of carbonyl (C=O) groups is 1. The first-order chi connectivity index (χ1) is 12.8. The van der Waals surface area contributed by atoms with Gasteiger partial charge in [-0.2, -0.15) is 0 Å². The predicted octanol–water partition coefficient (Wildman–Crippen LogP) is 5.64. The van der Waals surface area contributed by atoms with Crippen molar-refractivity contribution in [3.05, 3.63) is 114 Å². The fourth-order valence-corrected chi connectivity index (χ4v) is 2.60. The smallest absolute Gasteiger partial charge is 0.164 e. The van der Waals surface area contributed by atoms with E-state index in [1.54, 1.807) is 0 Å². The van der Waals surface area contributed by atoms with E-state index in [0.29, 0.717) is 6.42 Å². The van der Waals surface area contributed by atoms with Crippen LogP contribution in [0.3, 0.4) is 0 Å². The summed E-state index contributed by atoms with van der Waals surface area (Å²) in [5.41, 5.74) is 2.79. The Hall–Kier alpha value is -3.37. The number of ketones is 1. The Morgan fingerprint density at radius 1 is 0.808 bits per heavy atom. The van der Waals surface area contributed by atoms with Crippen LogP contribution in [0.5, 0.6) is 0 Å². The molecule has 1 nitrogen and oxygen atoms in total. The monoisotopic (exact) mass is 336 g/mol. The summed E-state index contributed by atoms with van der Waals surface area (Å²) in [6.45, 7) is 0. The van der Waals surface area contributed by atoms with Gasteiger partial charge in [-0.15, -0.1) is 0 Å². The highest BCUT2D eigenvalue weighted by molar-refractivity contribution is 5.96. The molecule has 1 unspecified atom stereocenters. The molecule has 126 valence electrons. The van der Waals surface area contributed by atoms with Crippen molar-refractivity contribution in [3.63, 3.8) is 0 Å². The van der Waals surface area contributed by atoms with Crippen LogP contribution in [0, 0.1) is 17.8 Å². The molecule has 0 bridgehead atoms. The largest absolute Gasteiger partial charge is 0.294 e. The van der Waals surface area contributed by atoms with Crippen molar-refractivity contribution in [1.29, 1.82) is 0 Å². The number of hydrogen-bond acceptors (Lipinski definition) is 1. The van der Waals surface area contributed by atoms with Crippen LogP contribution in [0.1, 0.15) is 27.9 Å². The standard InChI is InChI=1S/C25H20O/c26-25(24-14-8-3-9-15-24)20-23(18-16-21-10-4-1-5-11-21)19-17-22-12-6-2-7-13-22/h1-16,18,23H,20H2/b18-16+. The van der Waals surface area contributed by atoms with Gasteiger partial charge in [0.1, 0.15) is 0 Å². The van der Waals surface area contributed by atoms with Crippen LogP contribution in [0.15, 0.2) is 97.1 Å². The van der Waals surface area contributed by atoms with E-state index >= 15 is 0 Å². The molecule has 3 aromatic carbocycles. The van der Waals surface area contributed by atoms with Crippen LogP contribution in [0.2, 0.25) is 0 Å². The fraction of sp³-hybridized carbons (Fsp3) is 0.0800. The molecule has 1 heteroatoms. The van der Waals surface area contributed by atoms with E-state index in [1.807, 2.05) is 103 Å². The van der Waals surface area contributed by atoms with Gasteiger partial charge < -0.3 is 0 Å². The number of allylic oxidation sites excluding steroid dienone is 1. The van der Waals surface area contributed by atoms with Gasteiger partial charge in [0.2, 0.25) is 0 Å². The third-order valence-electron chi connectivity index (χ3n) is 4.00. The zero-order valence-electron chi connectivity index (χ0n) is 14.5. The molecule has 0 saturated heterocycles. The maximum Gasteiger partial charge on any atom is 0.164 e. The summed E-state index contributed by atoms with van der Waals surface area (Å²) in [4.78, 5) is 12.6. The summed E-state index contributed by atoms with van der Waals surface area (Å²) >= 11 is 0. The number of benzene rings is 3. The Morgan fingerprint density at radius 3 is 2.04 bits per heavy atom. The highest BCUT2D eigenvalue weighted by Crippen LogP contribution is 2.14. The van der Waals surface area contributed by atoms with Crippen molar-refractivity contribution in [3.8, 4) is 11.8 Å². The Balaban J connectivity index is 1.80. The van der Waals surface area contributed by atoms with Gasteiger partial charge >= 0.3 is 0 Å². The van der Waals surface area contributed by atoms with E-state index in [9.17, 15) is 4.79 Å². The topological polar surface area (TPSA) is 17.1 Å². The molecule has 0 spiro atoms. The lowest BCUT2D eigenvalue weighted by atomic mass is 9.97. The van der Waals surface area contributed by atoms with Gasteiger partial charge in [-0.3, -0.25) is 4.79 Å². The molecule has 0 radical (unpaired) electrons. The van der Waals surface area contributed by atoms with E-state index in [4.69, 9.17) is 0 Å². The molecular weight excluding hydrogens is 316 g/mol. The lowest BCUT2D eigenvalue weighted by molar-refractivity contribution is 0.0976. The first kappa shape index (κ1) is 17.5. The molecule has 0 fully saturated rings. The first-order valence-electron chi connectivity index (χ1n) is 8.69. The second-order valence-corrected chi connectivity index (χ2v) is 6.00. The minimum Gasteiger partial charge on any atom is -0.294 e. The number of Topliss-reactive ketones (excluding diaryl/α,β-unsaturated/α-hetero) is 1. The zero-order valence-corrected chi connectivity index (χ0v) is 14.5. The van der Waals surface area contributed by atoms with Gasteiger partial charge in [0, 0.05) is 23.5 Å². The lowest BCUT2D eigenvalue weighted by Crippen LogP contribution is -2.05. The van der Waals surface area contributed by atoms with Gasteiger partial charge in [0.05, 0.1) is 0 Å². The zero-order chi connectivity index (χ0) is 18.0. The molecule has 0 aliphatic heterocycles. The Kier molecular flexibility index (Phi) is 6.18. The van der Waals surface area contributed by atoms with Crippen molar-refractivity contribution < 1.29 is 4.79 Å². The summed E-state index contributed by atoms with van der Waals surface area (Å²) < 4.78 is 0. The first-order valence-corrected chi connectivity index (χ1v) is 8.69. The molecule has 3 rings (SSSR count). The van der Waals surface area contributed by atoms with Gasteiger partial charge in [0.25, 0.3) is 0 Å². The number of carbonyl (C=O) groups excluding carboxylic acids is 1. The molecule has 0 aromatic heterocycles. The third-order valence-corrected chi connectivity index (χ3v) is 4.00. The SMILES string of the molecule is O=C(CC(C#Cc1ccccc1)/C=C/c1ccccc1)c1ccccc1. The van der Waals surface area contributed by atoms with Crippen molar-refractivity contribution in [1.82, 2.24) is 0 Å². The van der Waals surface area contributed by atoms with Crippen LogP contribution in [-0.4, -0.2) is 5.78 Å². The lowest BCUT2D eigenvalue weighted by Gasteiger charge is -2.05. The maximum absolute atomic E-state index is 12.6. The van der Waals surface area contributed by atoms with Gasteiger partial charge in [0.15, 0.2) is 5.78 Å². The average Bonchev–Trinajstić information content (AvgIpc) is 2.72. The van der Waals surface area contributed by atoms with Crippen LogP contribution >= 0.6 is 0 Å². The Labute approximate surface area is 155 Å². The van der Waals surface area contributed by atoms with Crippen molar-refractivity contribution in [2.75, 3.05) is 0 Å². The number of rotatable bonds is 5. The molecular formula is C25H20O. The van der Waals surface area contributed by atoms with Crippen molar-refractivity contribution in [2.24, 2.45) is 5.92 Å². The second kappa shape index (κ2) is 9.20. The van der Waals surface area contributed by atoms with E-state index < -0.39 is 0 Å². The third kappa shape index (κ3) is 5.33. The summed E-state index contributed by atoms with van der Waals surface area (Å²) in [6, 6.07) is 29.3. The predicted molar refractivity (Wildman–Crippen MR) is 108 cm³/mol. The fourth-order valence-electron chi connectivity index (χ4n) is 2.60. The highest BCUT2D eigenvalue weighted by atomic mass is 16.1. The quantitative estimate of drug-likeness (QED) is 0.435. The second-order valence-electron chi connectivity index (χ2n) is 6.00. The van der Waals surface area contributed by atoms with Crippen molar-refractivity contribution in [2.45, 2.75) is 6.42 Å². The van der Waals surface area contributed by atoms with Gasteiger partial charge in [-0.25, -0.2) is 0 Å². The van der Waals surface area contributed by atoms with Crippen LogP contribution in [0.4, 0.5) is 0 Å². The molecule has 1 atom stereocenters. The molecule has 0 N–H and O–H groups in total. The summed E-state index contributed by atoms with van der Waals surface area (Å²) in [5.74, 6) is 6.40. The Morgan fingerprint density at radius 2 is 1.38 bits per heavy atom. The molecule has 0 aliphatic rings. The minimum absolute atomic E-state index is 0.107. The number of hydrogen-bond donors (Lipinski definition) is 0. The minimum atomic E-state index is -0.136. The van der Waals surface area contributed by atoms with Crippen LogP contribution < -0.4 is 0 Å². The van der Waals surface area contributed by atoms with E-state index in [0.717, 1.165) is 16.7 Å². The van der Waals surface area contributed by atoms with E-state index in [1.165, 1.54) is 0 Å². The van der Waals surface area contributed by atoms with E-state index in [-0.39, 0.29) is 11.7 Å². The summed E-state index contributed by atoms with van der Waals surface area (Å²) in [7, 11) is 0. The molecule has 0 aliphatic carbocycles. The van der Waals surface area contributed by atoms with Gasteiger partial charge in [-0.1, -0.05) is 103 Å². The van der Waals surface area contributed by atoms with Gasteiger partial charge in [-0.05, 0) is 17.7 Å². The average molecular weight is 336 g/mol. The molecule has 0 amide bonds. The maximum atomic E-state index is 12.6. The van der Waals surface area contributed by atoms with E-state index in [2.05, 4.69) is 11.8 Å². The molecule has 3 aromatic rings. The molecule has 26 heavy (non-hydrogen) atoms. The molecule has 0 saturated carbocycles. The molecule has 0 heterocycles. The highest BCUT2D eigenvalue weighted by Gasteiger charge is 2.11. The Bertz CT molecular complexity index is 913. The normalized spacial score (nSPS) is 11.5.